The Kier molecular flexibility index (Phi) is 8.22. The van der Waals surface area contributed by atoms with Crippen LogP contribution in [0.4, 0.5) is 5.69 Å². The average molecular weight is 420 g/mol. The molecule has 0 N–H and O–H groups in total. The zero-order valence-electron chi connectivity index (χ0n) is 17.2. The van der Waals surface area contributed by atoms with Crippen LogP contribution in [0.3, 0.4) is 0 Å². The Bertz CT molecular complexity index is 979. The van der Waals surface area contributed by atoms with Crippen molar-refractivity contribution in [2.24, 2.45) is 4.99 Å². The highest BCUT2D eigenvalue weighted by atomic mass is 35.5. The molecule has 3 nitrogen and oxygen atoms in total. The molecule has 0 atom stereocenters. The maximum Gasteiger partial charge on any atom is 0.343 e. The summed E-state index contributed by atoms with van der Waals surface area (Å²) in [5.74, 6) is 0.142. The first kappa shape index (κ1) is 21.8. The van der Waals surface area contributed by atoms with Crippen LogP contribution in [0.2, 0.25) is 5.02 Å². The van der Waals surface area contributed by atoms with Crippen molar-refractivity contribution < 1.29 is 9.53 Å². The van der Waals surface area contributed by atoms with Gasteiger partial charge in [0.2, 0.25) is 0 Å². The van der Waals surface area contributed by atoms with Crippen molar-refractivity contribution in [2.75, 3.05) is 0 Å². The highest BCUT2D eigenvalue weighted by molar-refractivity contribution is 6.33. The second kappa shape index (κ2) is 11.3. The number of hydrogen-bond acceptors (Lipinski definition) is 3. The van der Waals surface area contributed by atoms with Gasteiger partial charge in [0.1, 0.15) is 5.75 Å². The Hall–Kier alpha value is -2.91. The molecule has 0 saturated heterocycles. The van der Waals surface area contributed by atoms with E-state index in [-0.39, 0.29) is 5.97 Å². The molecular weight excluding hydrogens is 394 g/mol. The molecule has 154 valence electrons. The lowest BCUT2D eigenvalue weighted by Crippen LogP contribution is -2.08. The van der Waals surface area contributed by atoms with Gasteiger partial charge in [0.05, 0.1) is 16.3 Å². The number of para-hydroxylation sites is 1. The Morgan fingerprint density at radius 3 is 2.37 bits per heavy atom. The van der Waals surface area contributed by atoms with Crippen molar-refractivity contribution >= 4 is 29.5 Å². The molecule has 0 fully saturated rings. The van der Waals surface area contributed by atoms with Crippen LogP contribution in [0.25, 0.3) is 0 Å². The molecule has 3 rings (SSSR count). The lowest BCUT2D eigenvalue weighted by molar-refractivity contribution is 0.0734. The van der Waals surface area contributed by atoms with Gasteiger partial charge in [0, 0.05) is 6.21 Å². The summed E-state index contributed by atoms with van der Waals surface area (Å²) in [6.07, 6.45) is 7.72. The molecule has 0 bridgehead atoms. The Balaban J connectivity index is 1.54. The third kappa shape index (κ3) is 6.57. The molecule has 0 heterocycles. The second-order valence-corrected chi connectivity index (χ2v) is 7.58. The molecular formula is C26H26ClNO2. The number of unbranched alkanes of at least 4 members (excludes halogenated alkanes) is 3. The summed E-state index contributed by atoms with van der Waals surface area (Å²) in [6.45, 7) is 2.21. The topological polar surface area (TPSA) is 38.7 Å². The summed E-state index contributed by atoms with van der Waals surface area (Å²) < 4.78 is 5.49. The van der Waals surface area contributed by atoms with Crippen LogP contribution in [0.15, 0.2) is 77.8 Å². The van der Waals surface area contributed by atoms with Crippen molar-refractivity contribution in [3.8, 4) is 5.75 Å². The molecule has 0 aromatic heterocycles. The van der Waals surface area contributed by atoms with Crippen molar-refractivity contribution in [3.05, 3.63) is 94.5 Å². The summed E-state index contributed by atoms with van der Waals surface area (Å²) in [5, 5.41) is 0.603. The smallest absolute Gasteiger partial charge is 0.343 e. The summed E-state index contributed by atoms with van der Waals surface area (Å²) >= 11 is 6.11. The SMILES string of the molecule is CCCCCCc1ccc(C(=O)Oc2ccc(C=Nc3ccccc3Cl)cc2)cc1. The summed E-state index contributed by atoms with van der Waals surface area (Å²) in [4.78, 5) is 16.8. The lowest BCUT2D eigenvalue weighted by atomic mass is 10.0. The van der Waals surface area contributed by atoms with Crippen LogP contribution in [-0.2, 0) is 6.42 Å². The zero-order chi connectivity index (χ0) is 21.2. The van der Waals surface area contributed by atoms with Crippen LogP contribution >= 0.6 is 11.6 Å². The number of halogens is 1. The zero-order valence-corrected chi connectivity index (χ0v) is 17.9. The van der Waals surface area contributed by atoms with E-state index in [1.165, 1.54) is 31.2 Å². The molecule has 0 saturated carbocycles. The first-order valence-electron chi connectivity index (χ1n) is 10.4. The molecule has 30 heavy (non-hydrogen) atoms. The highest BCUT2D eigenvalue weighted by Gasteiger charge is 2.08. The minimum absolute atomic E-state index is 0.356. The van der Waals surface area contributed by atoms with Gasteiger partial charge in [0.25, 0.3) is 0 Å². The standard InChI is InChI=1S/C26H26ClNO2/c1-2-3-4-5-8-20-11-15-22(16-12-20)26(29)30-23-17-13-21(14-18-23)19-28-25-10-7-6-9-24(25)27/h6-7,9-19H,2-5,8H2,1H3. The molecule has 0 amide bonds. The number of carbonyl (C=O) groups excluding carboxylic acids is 1. The largest absolute Gasteiger partial charge is 0.423 e. The van der Waals surface area contributed by atoms with E-state index in [0.29, 0.717) is 22.0 Å². The van der Waals surface area contributed by atoms with Crippen molar-refractivity contribution in [1.29, 1.82) is 0 Å². The molecule has 0 radical (unpaired) electrons. The van der Waals surface area contributed by atoms with E-state index in [4.69, 9.17) is 16.3 Å². The molecule has 0 aliphatic carbocycles. The first-order chi connectivity index (χ1) is 14.7. The van der Waals surface area contributed by atoms with Gasteiger partial charge in [-0.15, -0.1) is 0 Å². The number of benzene rings is 3. The fraction of sp³-hybridized carbons (Fsp3) is 0.231. The summed E-state index contributed by atoms with van der Waals surface area (Å²) in [5.41, 5.74) is 3.41. The van der Waals surface area contributed by atoms with Crippen molar-refractivity contribution in [3.63, 3.8) is 0 Å². The van der Waals surface area contributed by atoms with Crippen LogP contribution in [0, 0.1) is 0 Å². The predicted octanol–water partition coefficient (Wildman–Crippen LogP) is 7.43. The highest BCUT2D eigenvalue weighted by Crippen LogP contribution is 2.23. The number of nitrogens with zero attached hydrogens (tertiary/aromatic N) is 1. The minimum Gasteiger partial charge on any atom is -0.423 e. The normalized spacial score (nSPS) is 11.0. The fourth-order valence-corrected chi connectivity index (χ4v) is 3.24. The van der Waals surface area contributed by atoms with Gasteiger partial charge >= 0.3 is 5.97 Å². The van der Waals surface area contributed by atoms with E-state index in [2.05, 4.69) is 11.9 Å². The number of rotatable bonds is 9. The van der Waals surface area contributed by atoms with Gasteiger partial charge in [-0.25, -0.2) is 4.79 Å². The maximum absolute atomic E-state index is 12.4. The molecule has 0 aliphatic heterocycles. The summed E-state index contributed by atoms with van der Waals surface area (Å²) in [7, 11) is 0. The molecule has 0 unspecified atom stereocenters. The number of esters is 1. The van der Waals surface area contributed by atoms with Gasteiger partial charge in [0.15, 0.2) is 0 Å². The van der Waals surface area contributed by atoms with Crippen LogP contribution in [0.1, 0.15) is 54.1 Å². The van der Waals surface area contributed by atoms with Gasteiger partial charge in [-0.2, -0.15) is 0 Å². The number of aryl methyl sites for hydroxylation is 1. The lowest BCUT2D eigenvalue weighted by Gasteiger charge is -2.06. The fourth-order valence-electron chi connectivity index (χ4n) is 3.05. The molecule has 3 aromatic rings. The minimum atomic E-state index is -0.356. The van der Waals surface area contributed by atoms with Crippen molar-refractivity contribution in [2.45, 2.75) is 39.0 Å². The van der Waals surface area contributed by atoms with Gasteiger partial charge in [-0.3, -0.25) is 4.99 Å². The number of carbonyl (C=O) groups is 1. The van der Waals surface area contributed by atoms with Crippen LogP contribution in [-0.4, -0.2) is 12.2 Å². The Labute approximate surface area is 183 Å². The Morgan fingerprint density at radius 1 is 0.933 bits per heavy atom. The Morgan fingerprint density at radius 2 is 1.67 bits per heavy atom. The number of aliphatic imine (C=N–C) groups is 1. The van der Waals surface area contributed by atoms with E-state index in [1.807, 2.05) is 54.6 Å². The van der Waals surface area contributed by atoms with Gasteiger partial charge in [-0.1, -0.05) is 62.1 Å². The quantitative estimate of drug-likeness (QED) is 0.156. The summed E-state index contributed by atoms with van der Waals surface area (Å²) in [6, 6.07) is 22.3. The number of ether oxygens (including phenoxy) is 1. The molecule has 3 aromatic carbocycles. The van der Waals surface area contributed by atoms with Gasteiger partial charge < -0.3 is 4.74 Å². The predicted molar refractivity (Wildman–Crippen MR) is 124 cm³/mol. The molecule has 0 aliphatic rings. The van der Waals surface area contributed by atoms with E-state index in [9.17, 15) is 4.79 Å². The third-order valence-electron chi connectivity index (χ3n) is 4.80. The average Bonchev–Trinajstić information content (AvgIpc) is 2.77. The maximum atomic E-state index is 12.4. The van der Waals surface area contributed by atoms with Crippen LogP contribution < -0.4 is 4.74 Å². The molecule has 0 spiro atoms. The van der Waals surface area contributed by atoms with E-state index in [1.54, 1.807) is 24.4 Å². The van der Waals surface area contributed by atoms with Crippen molar-refractivity contribution in [1.82, 2.24) is 0 Å². The van der Waals surface area contributed by atoms with E-state index in [0.717, 1.165) is 12.0 Å². The number of hydrogen-bond donors (Lipinski definition) is 0. The van der Waals surface area contributed by atoms with Gasteiger partial charge in [-0.05, 0) is 72.5 Å². The third-order valence-corrected chi connectivity index (χ3v) is 5.12. The van der Waals surface area contributed by atoms with Crippen LogP contribution in [0.5, 0.6) is 5.75 Å². The van der Waals surface area contributed by atoms with E-state index < -0.39 is 0 Å². The van der Waals surface area contributed by atoms with E-state index >= 15 is 0 Å². The monoisotopic (exact) mass is 419 g/mol. The molecule has 4 heteroatoms. The second-order valence-electron chi connectivity index (χ2n) is 7.18. The first-order valence-corrected chi connectivity index (χ1v) is 10.7.